The van der Waals surface area contributed by atoms with Crippen LogP contribution in [0.2, 0.25) is 0 Å². The highest BCUT2D eigenvalue weighted by molar-refractivity contribution is 7.89. The lowest BCUT2D eigenvalue weighted by molar-refractivity contribution is 0.283. The summed E-state index contributed by atoms with van der Waals surface area (Å²) in [4.78, 5) is 0.263. The van der Waals surface area contributed by atoms with E-state index < -0.39 is 10.0 Å². The van der Waals surface area contributed by atoms with Crippen molar-refractivity contribution in [2.45, 2.75) is 31.1 Å². The van der Waals surface area contributed by atoms with Crippen LogP contribution in [-0.2, 0) is 10.0 Å². The van der Waals surface area contributed by atoms with Gasteiger partial charge in [-0.25, -0.2) is 13.1 Å². The Morgan fingerprint density at radius 2 is 2.00 bits per heavy atom. The molecule has 6 heteroatoms. The van der Waals surface area contributed by atoms with Gasteiger partial charge in [0.2, 0.25) is 10.0 Å². The number of anilines is 1. The maximum absolute atomic E-state index is 12.0. The molecule has 1 aromatic rings. The van der Waals surface area contributed by atoms with E-state index in [2.05, 4.69) is 4.72 Å². The highest BCUT2D eigenvalue weighted by Crippen LogP contribution is 2.17. The van der Waals surface area contributed by atoms with Crippen LogP contribution in [0.5, 0.6) is 0 Å². The average Bonchev–Trinajstić information content (AvgIpc) is 2.28. The van der Waals surface area contributed by atoms with Crippen molar-refractivity contribution in [1.82, 2.24) is 4.72 Å². The van der Waals surface area contributed by atoms with Crippen molar-refractivity contribution in [3.05, 3.63) is 23.8 Å². The molecule has 0 aromatic heterocycles. The van der Waals surface area contributed by atoms with Gasteiger partial charge in [0, 0.05) is 18.8 Å². The molecule has 0 saturated heterocycles. The number of unbranched alkanes of at least 4 members (excludes halogenated alkanes) is 2. The lowest BCUT2D eigenvalue weighted by atomic mass is 10.2. The number of nitrogens with two attached hydrogens (primary N) is 1. The SMILES string of the molecule is Cc1cc(N)ccc1S(=O)(=O)NCCCCCO. The van der Waals surface area contributed by atoms with E-state index in [9.17, 15) is 8.42 Å². The number of nitrogen functional groups attached to an aromatic ring is 1. The van der Waals surface area contributed by atoms with Gasteiger partial charge in [0.05, 0.1) is 4.90 Å². The Bertz CT molecular complexity index is 486. The summed E-state index contributed by atoms with van der Waals surface area (Å²) in [6, 6.07) is 4.73. The van der Waals surface area contributed by atoms with Crippen molar-refractivity contribution in [3.63, 3.8) is 0 Å². The lowest BCUT2D eigenvalue weighted by Gasteiger charge is -2.09. The van der Waals surface area contributed by atoms with Gasteiger partial charge < -0.3 is 10.8 Å². The molecule has 0 atom stereocenters. The third-order valence-corrected chi connectivity index (χ3v) is 4.24. The maximum atomic E-state index is 12.0. The Morgan fingerprint density at radius 3 is 2.61 bits per heavy atom. The molecule has 0 aliphatic heterocycles. The van der Waals surface area contributed by atoms with Gasteiger partial charge in [-0.3, -0.25) is 0 Å². The van der Waals surface area contributed by atoms with E-state index in [0.717, 1.165) is 6.42 Å². The maximum Gasteiger partial charge on any atom is 0.240 e. The Kier molecular flexibility index (Phi) is 5.58. The molecule has 4 N–H and O–H groups in total. The predicted molar refractivity (Wildman–Crippen MR) is 71.7 cm³/mol. The number of nitrogens with one attached hydrogen (secondary N) is 1. The van der Waals surface area contributed by atoms with Gasteiger partial charge in [-0.2, -0.15) is 0 Å². The number of aliphatic hydroxyl groups is 1. The molecule has 102 valence electrons. The van der Waals surface area contributed by atoms with Crippen LogP contribution in [0.4, 0.5) is 5.69 Å². The summed E-state index contributed by atoms with van der Waals surface area (Å²) in [5.74, 6) is 0. The van der Waals surface area contributed by atoms with Crippen molar-refractivity contribution in [1.29, 1.82) is 0 Å². The second-order valence-electron chi connectivity index (χ2n) is 4.21. The van der Waals surface area contributed by atoms with E-state index in [1.54, 1.807) is 19.1 Å². The molecular formula is C12H20N2O3S. The fourth-order valence-corrected chi connectivity index (χ4v) is 2.97. The van der Waals surface area contributed by atoms with Crippen molar-refractivity contribution in [3.8, 4) is 0 Å². The molecule has 0 aliphatic rings. The first kappa shape index (κ1) is 14.9. The number of hydrogen-bond acceptors (Lipinski definition) is 4. The van der Waals surface area contributed by atoms with E-state index in [-0.39, 0.29) is 11.5 Å². The smallest absolute Gasteiger partial charge is 0.240 e. The fraction of sp³-hybridized carbons (Fsp3) is 0.500. The first-order valence-corrected chi connectivity index (χ1v) is 7.42. The highest BCUT2D eigenvalue weighted by Gasteiger charge is 2.15. The summed E-state index contributed by atoms with van der Waals surface area (Å²) < 4.78 is 26.5. The first-order valence-electron chi connectivity index (χ1n) is 5.94. The molecule has 0 amide bonds. The number of aliphatic hydroxyl groups excluding tert-OH is 1. The predicted octanol–water partition coefficient (Wildman–Crippen LogP) is 1.02. The highest BCUT2D eigenvalue weighted by atomic mass is 32.2. The lowest BCUT2D eigenvalue weighted by Crippen LogP contribution is -2.25. The van der Waals surface area contributed by atoms with Gasteiger partial charge in [-0.15, -0.1) is 0 Å². The standard InChI is InChI=1S/C12H20N2O3S/c1-10-9-11(13)5-6-12(10)18(16,17)14-7-3-2-4-8-15/h5-6,9,14-15H,2-4,7-8,13H2,1H3. The molecule has 5 nitrogen and oxygen atoms in total. The number of hydrogen-bond donors (Lipinski definition) is 3. The molecule has 0 heterocycles. The first-order chi connectivity index (χ1) is 8.47. The van der Waals surface area contributed by atoms with Gasteiger partial charge >= 0.3 is 0 Å². The quantitative estimate of drug-likeness (QED) is 0.510. The molecule has 0 saturated carbocycles. The minimum Gasteiger partial charge on any atom is -0.399 e. The zero-order chi connectivity index (χ0) is 13.6. The van der Waals surface area contributed by atoms with Crippen molar-refractivity contribution in [2.75, 3.05) is 18.9 Å². The monoisotopic (exact) mass is 272 g/mol. The van der Waals surface area contributed by atoms with Crippen LogP contribution in [0.15, 0.2) is 23.1 Å². The van der Waals surface area contributed by atoms with Crippen LogP contribution in [0.3, 0.4) is 0 Å². The molecule has 0 fully saturated rings. The summed E-state index contributed by atoms with van der Waals surface area (Å²) in [5, 5.41) is 8.62. The largest absolute Gasteiger partial charge is 0.399 e. The number of sulfonamides is 1. The summed E-state index contributed by atoms with van der Waals surface area (Å²) >= 11 is 0. The Morgan fingerprint density at radius 1 is 1.28 bits per heavy atom. The fourth-order valence-electron chi connectivity index (χ4n) is 1.67. The van der Waals surface area contributed by atoms with Crippen LogP contribution < -0.4 is 10.5 Å². The van der Waals surface area contributed by atoms with Crippen molar-refractivity contribution >= 4 is 15.7 Å². The minimum absolute atomic E-state index is 0.143. The molecule has 0 spiro atoms. The molecular weight excluding hydrogens is 252 g/mol. The molecule has 0 radical (unpaired) electrons. The summed E-state index contributed by atoms with van der Waals surface area (Å²) in [7, 11) is -3.46. The summed E-state index contributed by atoms with van der Waals surface area (Å²) in [6.07, 6.45) is 2.22. The Balaban J connectivity index is 2.63. The second-order valence-corrected chi connectivity index (χ2v) is 5.94. The zero-order valence-electron chi connectivity index (χ0n) is 10.5. The third kappa shape index (κ3) is 4.29. The minimum atomic E-state index is -3.46. The molecule has 1 aromatic carbocycles. The Hall–Kier alpha value is -1.11. The number of rotatable bonds is 7. The summed E-state index contributed by atoms with van der Waals surface area (Å²) in [6.45, 7) is 2.24. The Labute approximate surface area is 108 Å². The van der Waals surface area contributed by atoms with Crippen LogP contribution in [0.25, 0.3) is 0 Å². The third-order valence-electron chi connectivity index (χ3n) is 2.62. The van der Waals surface area contributed by atoms with Gasteiger partial charge in [-0.05, 0) is 49.9 Å². The summed E-state index contributed by atoms with van der Waals surface area (Å²) in [5.41, 5.74) is 6.77. The molecule has 0 bridgehead atoms. The van der Waals surface area contributed by atoms with E-state index >= 15 is 0 Å². The molecule has 0 unspecified atom stereocenters. The molecule has 0 aliphatic carbocycles. The molecule has 18 heavy (non-hydrogen) atoms. The average molecular weight is 272 g/mol. The number of aryl methyl sites for hydroxylation is 1. The van der Waals surface area contributed by atoms with Crippen LogP contribution >= 0.6 is 0 Å². The van der Waals surface area contributed by atoms with Gasteiger partial charge in [-0.1, -0.05) is 0 Å². The van der Waals surface area contributed by atoms with E-state index in [0.29, 0.717) is 30.6 Å². The van der Waals surface area contributed by atoms with Gasteiger partial charge in [0.25, 0.3) is 0 Å². The molecule has 1 rings (SSSR count). The van der Waals surface area contributed by atoms with Gasteiger partial charge in [0.1, 0.15) is 0 Å². The van der Waals surface area contributed by atoms with Crippen LogP contribution in [-0.4, -0.2) is 26.7 Å². The zero-order valence-corrected chi connectivity index (χ0v) is 11.3. The van der Waals surface area contributed by atoms with Crippen LogP contribution in [0.1, 0.15) is 24.8 Å². The van der Waals surface area contributed by atoms with E-state index in [1.165, 1.54) is 6.07 Å². The van der Waals surface area contributed by atoms with E-state index in [4.69, 9.17) is 10.8 Å². The van der Waals surface area contributed by atoms with Crippen molar-refractivity contribution < 1.29 is 13.5 Å². The normalized spacial score (nSPS) is 11.7. The van der Waals surface area contributed by atoms with Gasteiger partial charge in [0.15, 0.2) is 0 Å². The van der Waals surface area contributed by atoms with Crippen molar-refractivity contribution in [2.24, 2.45) is 0 Å². The van der Waals surface area contributed by atoms with Crippen LogP contribution in [0, 0.1) is 6.92 Å². The number of benzene rings is 1. The topological polar surface area (TPSA) is 92.4 Å². The second kappa shape index (κ2) is 6.72. The van der Waals surface area contributed by atoms with E-state index in [1.807, 2.05) is 0 Å².